The lowest BCUT2D eigenvalue weighted by Gasteiger charge is -2.28. The largest absolute Gasteiger partial charge is 0.508 e. The molecule has 3 N–H and O–H groups in total. The molecule has 2 aromatic rings. The number of urea groups is 1. The van der Waals surface area contributed by atoms with E-state index in [1.54, 1.807) is 19.1 Å². The lowest BCUT2D eigenvalue weighted by molar-refractivity contribution is -0.140. The zero-order valence-corrected chi connectivity index (χ0v) is 13.7. The van der Waals surface area contributed by atoms with E-state index >= 15 is 0 Å². The van der Waals surface area contributed by atoms with Crippen molar-refractivity contribution >= 4 is 12.0 Å². The van der Waals surface area contributed by atoms with Gasteiger partial charge in [-0.25, -0.2) is 9.59 Å². The van der Waals surface area contributed by atoms with E-state index in [1.165, 1.54) is 12.1 Å². The Morgan fingerprint density at radius 3 is 2.48 bits per heavy atom. The van der Waals surface area contributed by atoms with Crippen LogP contribution in [0.25, 0.3) is 0 Å². The molecule has 0 radical (unpaired) electrons. The number of rotatable bonds is 4. The van der Waals surface area contributed by atoms with Crippen LogP contribution in [0.3, 0.4) is 0 Å². The van der Waals surface area contributed by atoms with Gasteiger partial charge in [0.15, 0.2) is 0 Å². The van der Waals surface area contributed by atoms with Gasteiger partial charge < -0.3 is 20.5 Å². The summed E-state index contributed by atoms with van der Waals surface area (Å²) in [6, 6.07) is 14.7. The molecule has 1 aliphatic rings. The number of ether oxygens (including phenoxy) is 1. The Morgan fingerprint density at radius 1 is 1.12 bits per heavy atom. The molecule has 2 amide bonds. The van der Waals surface area contributed by atoms with Crippen molar-refractivity contribution in [2.45, 2.75) is 19.6 Å². The fraction of sp³-hybridized carbons (Fsp3) is 0.158. The second-order valence-electron chi connectivity index (χ2n) is 5.72. The van der Waals surface area contributed by atoms with Crippen molar-refractivity contribution in [2.75, 3.05) is 0 Å². The number of phenols is 1. The van der Waals surface area contributed by atoms with Crippen molar-refractivity contribution < 1.29 is 19.4 Å². The minimum atomic E-state index is -0.641. The molecule has 0 aliphatic carbocycles. The molecule has 0 bridgehead atoms. The number of amides is 2. The topological polar surface area (TPSA) is 87.7 Å². The molecule has 0 fully saturated rings. The fourth-order valence-corrected chi connectivity index (χ4v) is 2.68. The fourth-order valence-electron chi connectivity index (χ4n) is 2.68. The Bertz CT molecular complexity index is 813. The minimum absolute atomic E-state index is 0.109. The highest BCUT2D eigenvalue weighted by atomic mass is 16.5. The average Bonchev–Trinajstić information content (AvgIpc) is 2.60. The van der Waals surface area contributed by atoms with Crippen LogP contribution < -0.4 is 10.6 Å². The Kier molecular flexibility index (Phi) is 4.70. The van der Waals surface area contributed by atoms with Gasteiger partial charge in [0.1, 0.15) is 12.4 Å². The molecule has 6 nitrogen and oxygen atoms in total. The van der Waals surface area contributed by atoms with Gasteiger partial charge in [-0.05, 0) is 30.2 Å². The van der Waals surface area contributed by atoms with Gasteiger partial charge in [-0.1, -0.05) is 42.5 Å². The van der Waals surface area contributed by atoms with Crippen LogP contribution in [0.4, 0.5) is 4.79 Å². The van der Waals surface area contributed by atoms with E-state index < -0.39 is 18.0 Å². The van der Waals surface area contributed by atoms with E-state index in [-0.39, 0.29) is 12.4 Å². The maximum absolute atomic E-state index is 12.6. The van der Waals surface area contributed by atoms with Crippen LogP contribution in [0.2, 0.25) is 0 Å². The van der Waals surface area contributed by atoms with Crippen molar-refractivity contribution in [1.29, 1.82) is 0 Å². The van der Waals surface area contributed by atoms with Crippen molar-refractivity contribution in [3.05, 3.63) is 77.0 Å². The number of carbonyl (C=O) groups is 2. The number of phenolic OH excluding ortho intramolecular Hbond substituents is 1. The van der Waals surface area contributed by atoms with Crippen molar-refractivity contribution in [3.8, 4) is 5.75 Å². The number of esters is 1. The van der Waals surface area contributed by atoms with Crippen LogP contribution in [0.1, 0.15) is 24.1 Å². The maximum Gasteiger partial charge on any atom is 0.338 e. The monoisotopic (exact) mass is 338 g/mol. The van der Waals surface area contributed by atoms with E-state index in [0.29, 0.717) is 16.8 Å². The van der Waals surface area contributed by atoms with Crippen molar-refractivity contribution in [3.63, 3.8) is 0 Å². The number of carbonyl (C=O) groups excluding carboxylic acids is 2. The first kappa shape index (κ1) is 16.6. The molecule has 25 heavy (non-hydrogen) atoms. The average molecular weight is 338 g/mol. The summed E-state index contributed by atoms with van der Waals surface area (Å²) in [5.74, 6) is -0.398. The van der Waals surface area contributed by atoms with Gasteiger partial charge in [0.05, 0.1) is 11.6 Å². The Labute approximate surface area is 145 Å². The van der Waals surface area contributed by atoms with E-state index in [1.807, 2.05) is 30.3 Å². The first-order valence-electron chi connectivity index (χ1n) is 7.83. The molecule has 6 heteroatoms. The number of hydrogen-bond donors (Lipinski definition) is 3. The summed E-state index contributed by atoms with van der Waals surface area (Å²) in [7, 11) is 0. The third-order valence-electron chi connectivity index (χ3n) is 3.93. The lowest BCUT2D eigenvalue weighted by Crippen LogP contribution is -2.45. The van der Waals surface area contributed by atoms with Crippen LogP contribution in [0.15, 0.2) is 65.9 Å². The molecule has 3 rings (SSSR count). The SMILES string of the molecule is CC1=C(C(=O)OCc2ccccc2)[C@@H](c2ccc(O)cc2)NC(=O)N1. The zero-order valence-electron chi connectivity index (χ0n) is 13.7. The highest BCUT2D eigenvalue weighted by molar-refractivity contribution is 5.95. The molecule has 128 valence electrons. The van der Waals surface area contributed by atoms with Gasteiger partial charge in [0, 0.05) is 5.70 Å². The molecule has 2 aromatic carbocycles. The van der Waals surface area contributed by atoms with Crippen LogP contribution in [-0.4, -0.2) is 17.1 Å². The molecule has 1 atom stereocenters. The normalized spacial score (nSPS) is 16.8. The zero-order chi connectivity index (χ0) is 17.8. The van der Waals surface area contributed by atoms with Gasteiger partial charge in [-0.15, -0.1) is 0 Å². The van der Waals surface area contributed by atoms with Gasteiger partial charge in [-0.2, -0.15) is 0 Å². The Balaban J connectivity index is 1.84. The number of nitrogens with one attached hydrogen (secondary N) is 2. The number of allylic oxidation sites excluding steroid dienone is 1. The summed E-state index contributed by atoms with van der Waals surface area (Å²) < 4.78 is 5.41. The van der Waals surface area contributed by atoms with Gasteiger partial charge in [0.2, 0.25) is 0 Å². The standard InChI is InChI=1S/C19H18N2O4/c1-12-16(18(23)25-11-13-5-3-2-4-6-13)17(21-19(24)20-12)14-7-9-15(22)10-8-14/h2-10,17,22H,11H2,1H3,(H2,20,21,24)/t17-/m1/s1. The highest BCUT2D eigenvalue weighted by Crippen LogP contribution is 2.28. The van der Waals surface area contributed by atoms with Crippen LogP contribution in [-0.2, 0) is 16.1 Å². The molecule has 1 heterocycles. The van der Waals surface area contributed by atoms with Gasteiger partial charge in [0.25, 0.3) is 0 Å². The molecule has 0 saturated heterocycles. The number of benzene rings is 2. The molecule has 1 aliphatic heterocycles. The summed E-state index contributed by atoms with van der Waals surface area (Å²) in [5.41, 5.74) is 2.34. The van der Waals surface area contributed by atoms with Crippen molar-refractivity contribution in [1.82, 2.24) is 10.6 Å². The number of aromatic hydroxyl groups is 1. The molecular weight excluding hydrogens is 320 g/mol. The summed E-state index contributed by atoms with van der Waals surface area (Å²) in [6.07, 6.45) is 0. The summed E-state index contributed by atoms with van der Waals surface area (Å²) in [6.45, 7) is 1.80. The lowest BCUT2D eigenvalue weighted by atomic mass is 9.95. The summed E-state index contributed by atoms with van der Waals surface area (Å²) >= 11 is 0. The second kappa shape index (κ2) is 7.09. The van der Waals surface area contributed by atoms with E-state index in [4.69, 9.17) is 4.74 Å². The third-order valence-corrected chi connectivity index (χ3v) is 3.93. The summed E-state index contributed by atoms with van der Waals surface area (Å²) in [5, 5.41) is 14.8. The minimum Gasteiger partial charge on any atom is -0.508 e. The van der Waals surface area contributed by atoms with Crippen molar-refractivity contribution in [2.24, 2.45) is 0 Å². The van der Waals surface area contributed by atoms with Crippen LogP contribution >= 0.6 is 0 Å². The number of hydrogen-bond acceptors (Lipinski definition) is 4. The second-order valence-corrected chi connectivity index (χ2v) is 5.72. The maximum atomic E-state index is 12.6. The first-order valence-corrected chi connectivity index (χ1v) is 7.83. The molecule has 0 saturated carbocycles. The Hall–Kier alpha value is -3.28. The molecular formula is C19H18N2O4. The first-order chi connectivity index (χ1) is 12.0. The van der Waals surface area contributed by atoms with E-state index in [9.17, 15) is 14.7 Å². The predicted molar refractivity (Wildman–Crippen MR) is 91.5 cm³/mol. The van der Waals surface area contributed by atoms with Gasteiger partial charge >= 0.3 is 12.0 Å². The predicted octanol–water partition coefficient (Wildman–Crippen LogP) is 2.76. The molecule has 0 aromatic heterocycles. The van der Waals surface area contributed by atoms with Gasteiger partial charge in [-0.3, -0.25) is 0 Å². The van der Waals surface area contributed by atoms with Crippen LogP contribution in [0.5, 0.6) is 5.75 Å². The smallest absolute Gasteiger partial charge is 0.338 e. The van der Waals surface area contributed by atoms with Crippen LogP contribution in [0, 0.1) is 0 Å². The summed E-state index contributed by atoms with van der Waals surface area (Å²) in [4.78, 5) is 24.4. The molecule has 0 unspecified atom stereocenters. The highest BCUT2D eigenvalue weighted by Gasteiger charge is 2.32. The van der Waals surface area contributed by atoms with E-state index in [2.05, 4.69) is 10.6 Å². The quantitative estimate of drug-likeness (QED) is 0.748. The molecule has 0 spiro atoms. The Morgan fingerprint density at radius 2 is 1.80 bits per heavy atom. The third kappa shape index (κ3) is 3.80. The van der Waals surface area contributed by atoms with E-state index in [0.717, 1.165) is 5.56 Å².